The first-order valence-corrected chi connectivity index (χ1v) is 7.20. The van der Waals surface area contributed by atoms with E-state index in [9.17, 15) is 19.8 Å². The van der Waals surface area contributed by atoms with Gasteiger partial charge in [-0.05, 0) is 35.4 Å². The van der Waals surface area contributed by atoms with Crippen molar-refractivity contribution in [1.82, 2.24) is 0 Å². The Balaban J connectivity index is 2.11. The molecule has 3 aromatic carbocycles. The molecule has 0 unspecified atom stereocenters. The highest BCUT2D eigenvalue weighted by Gasteiger charge is 2.14. The number of hydrogen-bond donors (Lipinski definition) is 3. The zero-order valence-electron chi connectivity index (χ0n) is 12.5. The minimum absolute atomic E-state index is 0.0605. The highest BCUT2D eigenvalue weighted by Crippen LogP contribution is 2.30. The van der Waals surface area contributed by atoms with Crippen LogP contribution < -0.4 is 0 Å². The largest absolute Gasteiger partial charge is 0.507 e. The molecule has 0 bridgehead atoms. The van der Waals surface area contributed by atoms with Gasteiger partial charge in [-0.15, -0.1) is 0 Å². The molecule has 24 heavy (non-hydrogen) atoms. The zero-order chi connectivity index (χ0) is 17.1. The molecule has 0 saturated carbocycles. The molecular weight excluding hydrogens is 309 g/mol. The summed E-state index contributed by atoms with van der Waals surface area (Å²) in [6.07, 6.45) is 0. The van der Waals surface area contributed by atoms with Gasteiger partial charge in [0.05, 0.1) is 0 Å². The number of phenols is 2. The maximum atomic E-state index is 13.6. The van der Waals surface area contributed by atoms with Crippen molar-refractivity contribution in [2.75, 3.05) is 0 Å². The predicted molar refractivity (Wildman–Crippen MR) is 89.0 cm³/mol. The summed E-state index contributed by atoms with van der Waals surface area (Å²) in [5.74, 6) is -1.23. The van der Waals surface area contributed by atoms with E-state index >= 15 is 0 Å². The molecule has 0 atom stereocenters. The molecule has 120 valence electrons. The van der Waals surface area contributed by atoms with E-state index in [0.29, 0.717) is 22.3 Å². The fourth-order valence-corrected chi connectivity index (χ4v) is 2.45. The first-order chi connectivity index (χ1) is 11.6. The van der Waals surface area contributed by atoms with E-state index in [1.165, 1.54) is 18.2 Å². The monoisotopic (exact) mass is 323 g/mol. The zero-order valence-corrected chi connectivity index (χ0v) is 12.5. The summed E-state index contributed by atoms with van der Waals surface area (Å²) < 4.78 is 13.6. The second-order valence-corrected chi connectivity index (χ2v) is 5.21. The summed E-state index contributed by atoms with van der Waals surface area (Å²) in [5, 5.41) is 32.1. The third-order valence-corrected chi connectivity index (χ3v) is 3.68. The van der Waals surface area contributed by atoms with Crippen LogP contribution in [0.5, 0.6) is 11.5 Å². The molecule has 0 spiro atoms. The van der Waals surface area contributed by atoms with Crippen molar-refractivity contribution in [3.8, 4) is 22.6 Å². The molecule has 0 heterocycles. The van der Waals surface area contributed by atoms with Gasteiger partial charge in [0.25, 0.3) is 0 Å². The molecule has 0 radical (unpaired) electrons. The SMILES string of the molecule is O/N=C(\c1ccccc1)c1cc(-c2ccc(O)c(F)c2)ccc1O. The number of rotatable bonds is 3. The van der Waals surface area contributed by atoms with Crippen molar-refractivity contribution >= 4 is 5.71 Å². The summed E-state index contributed by atoms with van der Waals surface area (Å²) in [6.45, 7) is 0. The topological polar surface area (TPSA) is 73.1 Å². The van der Waals surface area contributed by atoms with E-state index in [1.54, 1.807) is 42.5 Å². The van der Waals surface area contributed by atoms with Crippen LogP contribution in [0, 0.1) is 5.82 Å². The molecule has 3 aromatic rings. The van der Waals surface area contributed by atoms with E-state index in [2.05, 4.69) is 5.16 Å². The highest BCUT2D eigenvalue weighted by atomic mass is 19.1. The van der Waals surface area contributed by atoms with Gasteiger partial charge in [0, 0.05) is 11.1 Å². The molecule has 0 fully saturated rings. The first kappa shape index (κ1) is 15.6. The van der Waals surface area contributed by atoms with Crippen molar-refractivity contribution in [2.45, 2.75) is 0 Å². The maximum Gasteiger partial charge on any atom is 0.165 e. The third kappa shape index (κ3) is 2.92. The second-order valence-electron chi connectivity index (χ2n) is 5.21. The molecular formula is C19H14FNO3. The van der Waals surface area contributed by atoms with E-state index in [4.69, 9.17) is 0 Å². The molecule has 0 aliphatic rings. The van der Waals surface area contributed by atoms with Crippen molar-refractivity contribution in [1.29, 1.82) is 0 Å². The summed E-state index contributed by atoms with van der Waals surface area (Å²) in [6, 6.07) is 17.6. The van der Waals surface area contributed by atoms with Crippen LogP contribution in [0.15, 0.2) is 71.9 Å². The van der Waals surface area contributed by atoms with E-state index in [1.807, 2.05) is 6.07 Å². The lowest BCUT2D eigenvalue weighted by atomic mass is 9.96. The summed E-state index contributed by atoms with van der Waals surface area (Å²) in [5.41, 5.74) is 2.28. The molecule has 0 aliphatic heterocycles. The minimum atomic E-state index is -0.735. The summed E-state index contributed by atoms with van der Waals surface area (Å²) in [7, 11) is 0. The molecule has 3 N–H and O–H groups in total. The van der Waals surface area contributed by atoms with Gasteiger partial charge in [-0.25, -0.2) is 4.39 Å². The molecule has 0 aliphatic carbocycles. The molecule has 3 rings (SSSR count). The minimum Gasteiger partial charge on any atom is -0.507 e. The Morgan fingerprint density at radius 2 is 1.42 bits per heavy atom. The Bertz CT molecular complexity index is 908. The lowest BCUT2D eigenvalue weighted by Crippen LogP contribution is -2.04. The van der Waals surface area contributed by atoms with Gasteiger partial charge in [0.2, 0.25) is 0 Å². The average Bonchev–Trinajstić information content (AvgIpc) is 2.60. The van der Waals surface area contributed by atoms with Crippen LogP contribution in [-0.2, 0) is 0 Å². The third-order valence-electron chi connectivity index (χ3n) is 3.68. The number of hydrogen-bond acceptors (Lipinski definition) is 4. The van der Waals surface area contributed by atoms with Crippen LogP contribution in [0.1, 0.15) is 11.1 Å². The molecule has 0 amide bonds. The number of phenolic OH excluding ortho intramolecular Hbond substituents is 2. The van der Waals surface area contributed by atoms with Gasteiger partial charge in [0.15, 0.2) is 11.6 Å². The van der Waals surface area contributed by atoms with Crippen molar-refractivity contribution in [2.24, 2.45) is 5.16 Å². The van der Waals surface area contributed by atoms with Crippen LogP contribution in [0.25, 0.3) is 11.1 Å². The predicted octanol–water partition coefficient (Wildman–Crippen LogP) is 4.13. The first-order valence-electron chi connectivity index (χ1n) is 7.20. The smallest absolute Gasteiger partial charge is 0.165 e. The van der Waals surface area contributed by atoms with Crippen LogP contribution in [0.3, 0.4) is 0 Å². The molecule has 0 aromatic heterocycles. The van der Waals surface area contributed by atoms with Gasteiger partial charge in [-0.2, -0.15) is 0 Å². The van der Waals surface area contributed by atoms with Crippen LogP contribution in [0.2, 0.25) is 0 Å². The van der Waals surface area contributed by atoms with E-state index in [0.717, 1.165) is 0 Å². The Morgan fingerprint density at radius 1 is 0.792 bits per heavy atom. The Morgan fingerprint density at radius 3 is 2.04 bits per heavy atom. The van der Waals surface area contributed by atoms with Gasteiger partial charge in [-0.3, -0.25) is 0 Å². The highest BCUT2D eigenvalue weighted by molar-refractivity contribution is 6.14. The number of oxime groups is 1. The van der Waals surface area contributed by atoms with E-state index < -0.39 is 11.6 Å². The Hall–Kier alpha value is -3.34. The fourth-order valence-electron chi connectivity index (χ4n) is 2.45. The van der Waals surface area contributed by atoms with Crippen molar-refractivity contribution in [3.63, 3.8) is 0 Å². The van der Waals surface area contributed by atoms with Gasteiger partial charge < -0.3 is 15.4 Å². The number of aromatic hydroxyl groups is 2. The van der Waals surface area contributed by atoms with Crippen LogP contribution >= 0.6 is 0 Å². The summed E-state index contributed by atoms with van der Waals surface area (Å²) in [4.78, 5) is 0. The lowest BCUT2D eigenvalue weighted by Gasteiger charge is -2.10. The van der Waals surface area contributed by atoms with E-state index in [-0.39, 0.29) is 11.5 Å². The lowest BCUT2D eigenvalue weighted by molar-refractivity contribution is 0.319. The maximum absolute atomic E-state index is 13.6. The normalized spacial score (nSPS) is 11.5. The van der Waals surface area contributed by atoms with Gasteiger partial charge >= 0.3 is 0 Å². The summed E-state index contributed by atoms with van der Waals surface area (Å²) >= 11 is 0. The Kier molecular flexibility index (Phi) is 4.16. The van der Waals surface area contributed by atoms with Gasteiger partial charge in [-0.1, -0.05) is 47.6 Å². The van der Waals surface area contributed by atoms with Crippen LogP contribution in [0.4, 0.5) is 4.39 Å². The molecule has 5 heteroatoms. The number of nitrogens with zero attached hydrogens (tertiary/aromatic N) is 1. The average molecular weight is 323 g/mol. The Labute approximate surface area is 137 Å². The quantitative estimate of drug-likeness (QED) is 0.385. The number of benzene rings is 3. The second kappa shape index (κ2) is 6.42. The number of halogens is 1. The van der Waals surface area contributed by atoms with Crippen molar-refractivity contribution < 1.29 is 19.8 Å². The molecule has 0 saturated heterocycles. The van der Waals surface area contributed by atoms with Crippen molar-refractivity contribution in [3.05, 3.63) is 83.7 Å². The van der Waals surface area contributed by atoms with Crippen LogP contribution in [-0.4, -0.2) is 21.1 Å². The molecule has 4 nitrogen and oxygen atoms in total. The standard InChI is InChI=1S/C19H14FNO3/c20-16-11-14(7-9-18(16)23)13-6-8-17(22)15(10-13)19(21-24)12-4-2-1-3-5-12/h1-11,22-24H/b21-19+. The van der Waals surface area contributed by atoms with Gasteiger partial charge in [0.1, 0.15) is 11.5 Å². The fraction of sp³-hybridized carbons (Fsp3) is 0.